The summed E-state index contributed by atoms with van der Waals surface area (Å²) < 4.78 is 0. The standard InChI is InChI=1S/C15H31N/c1-10(2)15-9-16(11(3)4)8-12(5)13(6)14(15)7/h10-15H,8-9H2,1-7H3. The Morgan fingerprint density at radius 2 is 1.44 bits per heavy atom. The van der Waals surface area contributed by atoms with E-state index < -0.39 is 0 Å². The molecule has 0 aromatic rings. The van der Waals surface area contributed by atoms with Crippen LogP contribution in [-0.2, 0) is 0 Å². The van der Waals surface area contributed by atoms with E-state index in [9.17, 15) is 0 Å². The third-order valence-electron chi connectivity index (χ3n) is 4.96. The Morgan fingerprint density at radius 3 is 1.88 bits per heavy atom. The summed E-state index contributed by atoms with van der Waals surface area (Å²) in [6.07, 6.45) is 0. The molecule has 0 radical (unpaired) electrons. The molecule has 4 atom stereocenters. The van der Waals surface area contributed by atoms with Crippen molar-refractivity contribution in [1.82, 2.24) is 4.90 Å². The maximum atomic E-state index is 2.69. The van der Waals surface area contributed by atoms with Gasteiger partial charge in [-0.1, -0.05) is 34.6 Å². The fourth-order valence-corrected chi connectivity index (χ4v) is 3.20. The molecule has 1 heteroatoms. The van der Waals surface area contributed by atoms with E-state index in [1.54, 1.807) is 0 Å². The fourth-order valence-electron chi connectivity index (χ4n) is 3.20. The summed E-state index contributed by atoms with van der Waals surface area (Å²) >= 11 is 0. The highest BCUT2D eigenvalue weighted by Crippen LogP contribution is 2.35. The molecule has 16 heavy (non-hydrogen) atoms. The Hall–Kier alpha value is -0.0400. The van der Waals surface area contributed by atoms with Gasteiger partial charge in [-0.3, -0.25) is 0 Å². The fraction of sp³-hybridized carbons (Fsp3) is 1.00. The third-order valence-corrected chi connectivity index (χ3v) is 4.96. The zero-order chi connectivity index (χ0) is 12.5. The van der Waals surface area contributed by atoms with Gasteiger partial charge >= 0.3 is 0 Å². The van der Waals surface area contributed by atoms with Crippen LogP contribution in [0.25, 0.3) is 0 Å². The predicted octanol–water partition coefficient (Wildman–Crippen LogP) is 3.89. The van der Waals surface area contributed by atoms with Gasteiger partial charge in [0.05, 0.1) is 0 Å². The van der Waals surface area contributed by atoms with Crippen molar-refractivity contribution in [1.29, 1.82) is 0 Å². The second kappa shape index (κ2) is 5.53. The lowest BCUT2D eigenvalue weighted by atomic mass is 9.75. The van der Waals surface area contributed by atoms with E-state index in [1.807, 2.05) is 0 Å². The van der Waals surface area contributed by atoms with Gasteiger partial charge in [-0.2, -0.15) is 0 Å². The summed E-state index contributed by atoms with van der Waals surface area (Å²) in [5, 5.41) is 0. The van der Waals surface area contributed by atoms with Gasteiger partial charge in [0.2, 0.25) is 0 Å². The molecule has 1 rings (SSSR count). The summed E-state index contributed by atoms with van der Waals surface area (Å²) in [4.78, 5) is 2.69. The van der Waals surface area contributed by atoms with Crippen LogP contribution < -0.4 is 0 Å². The molecular weight excluding hydrogens is 194 g/mol. The van der Waals surface area contributed by atoms with Crippen LogP contribution in [0.2, 0.25) is 0 Å². The number of rotatable bonds is 2. The molecule has 0 saturated carbocycles. The number of likely N-dealkylation sites (tertiary alicyclic amines) is 1. The van der Waals surface area contributed by atoms with E-state index in [-0.39, 0.29) is 0 Å². The summed E-state index contributed by atoms with van der Waals surface area (Å²) in [6.45, 7) is 19.4. The Bertz CT molecular complexity index is 209. The normalized spacial score (nSPS) is 38.1. The summed E-state index contributed by atoms with van der Waals surface area (Å²) in [6, 6.07) is 0.696. The smallest absolute Gasteiger partial charge is 0.00388 e. The van der Waals surface area contributed by atoms with Crippen LogP contribution in [0, 0.1) is 29.6 Å². The zero-order valence-corrected chi connectivity index (χ0v) is 12.3. The van der Waals surface area contributed by atoms with E-state index in [2.05, 4.69) is 53.4 Å². The molecule has 0 aromatic heterocycles. The minimum atomic E-state index is 0.696. The molecule has 0 bridgehead atoms. The molecule has 1 saturated heterocycles. The van der Waals surface area contributed by atoms with E-state index >= 15 is 0 Å². The quantitative estimate of drug-likeness (QED) is 0.689. The summed E-state index contributed by atoms with van der Waals surface area (Å²) in [5.41, 5.74) is 0. The molecule has 96 valence electrons. The molecule has 1 fully saturated rings. The number of nitrogens with zero attached hydrogens (tertiary/aromatic N) is 1. The van der Waals surface area contributed by atoms with Crippen molar-refractivity contribution >= 4 is 0 Å². The van der Waals surface area contributed by atoms with E-state index in [0.29, 0.717) is 6.04 Å². The minimum Gasteiger partial charge on any atom is -0.300 e. The first-order valence-corrected chi connectivity index (χ1v) is 7.08. The minimum absolute atomic E-state index is 0.696. The van der Waals surface area contributed by atoms with Gasteiger partial charge in [-0.15, -0.1) is 0 Å². The monoisotopic (exact) mass is 225 g/mol. The second-order valence-electron chi connectivity index (χ2n) is 6.65. The van der Waals surface area contributed by atoms with Crippen molar-refractivity contribution in [3.63, 3.8) is 0 Å². The van der Waals surface area contributed by atoms with Gasteiger partial charge in [-0.25, -0.2) is 0 Å². The molecule has 0 aromatic carbocycles. The molecule has 0 amide bonds. The Morgan fingerprint density at radius 1 is 0.875 bits per heavy atom. The van der Waals surface area contributed by atoms with E-state index in [0.717, 1.165) is 29.6 Å². The first kappa shape index (κ1) is 14.0. The average molecular weight is 225 g/mol. The van der Waals surface area contributed by atoms with Crippen LogP contribution in [0.1, 0.15) is 48.5 Å². The Kier molecular flexibility index (Phi) is 4.85. The number of hydrogen-bond acceptors (Lipinski definition) is 1. The molecule has 0 N–H and O–H groups in total. The van der Waals surface area contributed by atoms with Gasteiger partial charge in [0.25, 0.3) is 0 Å². The van der Waals surface area contributed by atoms with Crippen molar-refractivity contribution in [2.75, 3.05) is 13.1 Å². The van der Waals surface area contributed by atoms with Crippen LogP contribution in [0.5, 0.6) is 0 Å². The predicted molar refractivity (Wildman–Crippen MR) is 72.5 cm³/mol. The van der Waals surface area contributed by atoms with E-state index in [4.69, 9.17) is 0 Å². The first-order valence-electron chi connectivity index (χ1n) is 7.08. The topological polar surface area (TPSA) is 3.24 Å². The Balaban J connectivity index is 2.85. The van der Waals surface area contributed by atoms with Crippen LogP contribution in [0.3, 0.4) is 0 Å². The van der Waals surface area contributed by atoms with Crippen molar-refractivity contribution in [2.24, 2.45) is 29.6 Å². The second-order valence-corrected chi connectivity index (χ2v) is 6.65. The first-order chi connectivity index (χ1) is 7.34. The molecule has 1 aliphatic heterocycles. The Labute approximate surface area is 103 Å². The maximum absolute atomic E-state index is 2.69. The van der Waals surface area contributed by atoms with E-state index in [1.165, 1.54) is 13.1 Å². The molecule has 1 nitrogen and oxygen atoms in total. The zero-order valence-electron chi connectivity index (χ0n) is 12.3. The van der Waals surface area contributed by atoms with Gasteiger partial charge in [0.15, 0.2) is 0 Å². The molecular formula is C15H31N. The van der Waals surface area contributed by atoms with Gasteiger partial charge in [0.1, 0.15) is 0 Å². The average Bonchev–Trinajstić information content (AvgIpc) is 2.29. The number of hydrogen-bond donors (Lipinski definition) is 0. The van der Waals surface area contributed by atoms with Crippen LogP contribution >= 0.6 is 0 Å². The van der Waals surface area contributed by atoms with Crippen molar-refractivity contribution in [3.05, 3.63) is 0 Å². The third kappa shape index (κ3) is 3.00. The van der Waals surface area contributed by atoms with Gasteiger partial charge < -0.3 is 4.90 Å². The highest BCUT2D eigenvalue weighted by molar-refractivity contribution is 4.85. The van der Waals surface area contributed by atoms with Crippen molar-refractivity contribution in [2.45, 2.75) is 54.5 Å². The van der Waals surface area contributed by atoms with Crippen LogP contribution in [0.4, 0.5) is 0 Å². The van der Waals surface area contributed by atoms with Crippen molar-refractivity contribution in [3.8, 4) is 0 Å². The summed E-state index contributed by atoms with van der Waals surface area (Å²) in [5.74, 6) is 4.22. The molecule has 0 aliphatic carbocycles. The molecule has 0 spiro atoms. The molecule has 4 unspecified atom stereocenters. The van der Waals surface area contributed by atoms with Crippen LogP contribution in [0.15, 0.2) is 0 Å². The SMILES string of the molecule is CC(C)C1CN(C(C)C)CC(C)C(C)C1C. The summed E-state index contributed by atoms with van der Waals surface area (Å²) in [7, 11) is 0. The van der Waals surface area contributed by atoms with Crippen LogP contribution in [-0.4, -0.2) is 24.0 Å². The van der Waals surface area contributed by atoms with Gasteiger partial charge in [-0.05, 0) is 43.4 Å². The lowest BCUT2D eigenvalue weighted by Crippen LogP contribution is -2.38. The van der Waals surface area contributed by atoms with Gasteiger partial charge in [0, 0.05) is 19.1 Å². The lowest BCUT2D eigenvalue weighted by Gasteiger charge is -2.32. The molecule has 1 aliphatic rings. The highest BCUT2D eigenvalue weighted by atomic mass is 15.2. The molecule has 1 heterocycles. The highest BCUT2D eigenvalue weighted by Gasteiger charge is 2.34. The maximum Gasteiger partial charge on any atom is 0.00388 e. The lowest BCUT2D eigenvalue weighted by molar-refractivity contribution is 0.153. The van der Waals surface area contributed by atoms with Crippen molar-refractivity contribution < 1.29 is 0 Å². The largest absolute Gasteiger partial charge is 0.300 e.